The molecular weight excluding hydrogens is 201 g/mol. The number of aryl methyl sites for hydroxylation is 1. The molecule has 1 heterocycles. The zero-order valence-corrected chi connectivity index (χ0v) is 7.21. The van der Waals surface area contributed by atoms with Gasteiger partial charge in [0.15, 0.2) is 0 Å². The van der Waals surface area contributed by atoms with E-state index in [4.69, 9.17) is 0 Å². The van der Waals surface area contributed by atoms with Crippen LogP contribution in [0.15, 0.2) is 21.9 Å². The van der Waals surface area contributed by atoms with Gasteiger partial charge in [-0.25, -0.2) is 4.79 Å². The molecule has 4 nitrogen and oxygen atoms in total. The normalized spacial score (nSPS) is 11.7. The molecule has 7 heteroatoms. The molecule has 1 rings (SSSR count). The third kappa shape index (κ3) is 2.24. The monoisotopic (exact) mass is 208 g/mol. The van der Waals surface area contributed by atoms with Gasteiger partial charge in [0, 0.05) is 19.3 Å². The Morgan fingerprint density at radius 2 is 1.93 bits per heavy atom. The fourth-order valence-corrected chi connectivity index (χ4v) is 0.939. The number of nitrogens with zero attached hydrogens (tertiary/aromatic N) is 2. The number of alkyl halides is 3. The molecule has 0 radical (unpaired) electrons. The van der Waals surface area contributed by atoms with E-state index in [1.165, 1.54) is 7.05 Å². The maximum absolute atomic E-state index is 11.9. The van der Waals surface area contributed by atoms with Gasteiger partial charge in [-0.1, -0.05) is 0 Å². The molecule has 0 amide bonds. The van der Waals surface area contributed by atoms with Crippen molar-refractivity contribution in [2.75, 3.05) is 0 Å². The molecule has 1 aromatic rings. The van der Waals surface area contributed by atoms with Crippen LogP contribution in [0.2, 0.25) is 0 Å². The zero-order valence-electron chi connectivity index (χ0n) is 7.21. The summed E-state index contributed by atoms with van der Waals surface area (Å²) in [4.78, 5) is 22.0. The molecule has 0 saturated heterocycles. The highest BCUT2D eigenvalue weighted by Gasteiger charge is 2.29. The van der Waals surface area contributed by atoms with Gasteiger partial charge in [-0.15, -0.1) is 0 Å². The molecule has 0 atom stereocenters. The highest BCUT2D eigenvalue weighted by Crippen LogP contribution is 2.15. The number of rotatable bonds is 1. The third-order valence-corrected chi connectivity index (χ3v) is 1.58. The van der Waals surface area contributed by atoms with Crippen LogP contribution in [0.3, 0.4) is 0 Å². The molecule has 0 aliphatic heterocycles. The molecule has 0 aromatic carbocycles. The number of hydrogen-bond donors (Lipinski definition) is 0. The summed E-state index contributed by atoms with van der Waals surface area (Å²) in [6.45, 7) is -1.56. The predicted octanol–water partition coefficient (Wildman–Crippen LogP) is 0.109. The SMILES string of the molecule is Cn1ccc(=O)n(CC(F)(F)F)c1=O. The summed E-state index contributed by atoms with van der Waals surface area (Å²) in [7, 11) is 1.27. The van der Waals surface area contributed by atoms with Crippen LogP contribution >= 0.6 is 0 Å². The van der Waals surface area contributed by atoms with Crippen molar-refractivity contribution in [3.05, 3.63) is 33.1 Å². The Kier molecular flexibility index (Phi) is 2.50. The van der Waals surface area contributed by atoms with Crippen LogP contribution in [-0.4, -0.2) is 15.3 Å². The molecule has 0 saturated carbocycles. The van der Waals surface area contributed by atoms with Crippen molar-refractivity contribution in [2.24, 2.45) is 7.05 Å². The lowest BCUT2D eigenvalue weighted by atomic mass is 10.5. The van der Waals surface area contributed by atoms with Gasteiger partial charge < -0.3 is 4.57 Å². The first-order valence-electron chi connectivity index (χ1n) is 3.64. The molecule has 0 aliphatic rings. The molecule has 0 unspecified atom stereocenters. The Morgan fingerprint density at radius 3 is 2.43 bits per heavy atom. The topological polar surface area (TPSA) is 44.0 Å². The number of aromatic nitrogens is 2. The van der Waals surface area contributed by atoms with Crippen molar-refractivity contribution >= 4 is 0 Å². The largest absolute Gasteiger partial charge is 0.406 e. The molecule has 0 N–H and O–H groups in total. The molecular formula is C7H7F3N2O2. The van der Waals surface area contributed by atoms with Crippen molar-refractivity contribution in [3.63, 3.8) is 0 Å². The molecule has 78 valence electrons. The summed E-state index contributed by atoms with van der Waals surface area (Å²) in [6, 6.07) is 0.910. The Balaban J connectivity index is 3.28. The van der Waals surface area contributed by atoms with Gasteiger partial charge in [0.25, 0.3) is 5.56 Å². The van der Waals surface area contributed by atoms with E-state index in [1.807, 2.05) is 0 Å². The van der Waals surface area contributed by atoms with Crippen LogP contribution in [0.1, 0.15) is 0 Å². The smallest absolute Gasteiger partial charge is 0.303 e. The summed E-state index contributed by atoms with van der Waals surface area (Å²) in [5.74, 6) is 0. The minimum Gasteiger partial charge on any atom is -0.303 e. The second kappa shape index (κ2) is 3.32. The Hall–Kier alpha value is -1.53. The van der Waals surface area contributed by atoms with Crippen molar-refractivity contribution < 1.29 is 13.2 Å². The Labute approximate surface area is 76.2 Å². The fraction of sp³-hybridized carbons (Fsp3) is 0.429. The number of hydrogen-bond acceptors (Lipinski definition) is 2. The van der Waals surface area contributed by atoms with Crippen LogP contribution in [-0.2, 0) is 13.6 Å². The van der Waals surface area contributed by atoms with Gasteiger partial charge >= 0.3 is 11.9 Å². The van der Waals surface area contributed by atoms with Gasteiger partial charge in [-0.2, -0.15) is 13.2 Å². The molecule has 0 aliphatic carbocycles. The maximum Gasteiger partial charge on any atom is 0.406 e. The van der Waals surface area contributed by atoms with E-state index >= 15 is 0 Å². The van der Waals surface area contributed by atoms with Crippen molar-refractivity contribution in [3.8, 4) is 0 Å². The number of halogens is 3. The first-order chi connectivity index (χ1) is 6.31. The Bertz CT molecular complexity index is 443. The van der Waals surface area contributed by atoms with Gasteiger partial charge in [0.1, 0.15) is 6.54 Å². The quantitative estimate of drug-likeness (QED) is 0.657. The first-order valence-corrected chi connectivity index (χ1v) is 3.64. The van der Waals surface area contributed by atoms with Crippen LogP contribution in [0, 0.1) is 0 Å². The van der Waals surface area contributed by atoms with Crippen LogP contribution < -0.4 is 11.2 Å². The van der Waals surface area contributed by atoms with Crippen molar-refractivity contribution in [1.82, 2.24) is 9.13 Å². The molecule has 0 bridgehead atoms. The molecule has 14 heavy (non-hydrogen) atoms. The lowest BCUT2D eigenvalue weighted by Crippen LogP contribution is -2.41. The lowest BCUT2D eigenvalue weighted by molar-refractivity contribution is -0.142. The summed E-state index contributed by atoms with van der Waals surface area (Å²) < 4.78 is 36.8. The van der Waals surface area contributed by atoms with Crippen molar-refractivity contribution in [1.29, 1.82) is 0 Å². The molecule has 0 spiro atoms. The lowest BCUT2D eigenvalue weighted by Gasteiger charge is -2.08. The van der Waals surface area contributed by atoms with Gasteiger partial charge in [0.05, 0.1) is 0 Å². The summed E-state index contributed by atoms with van der Waals surface area (Å²) >= 11 is 0. The van der Waals surface area contributed by atoms with E-state index < -0.39 is 24.0 Å². The first kappa shape index (κ1) is 10.6. The van der Waals surface area contributed by atoms with E-state index in [-0.39, 0.29) is 4.57 Å². The van der Waals surface area contributed by atoms with E-state index in [0.29, 0.717) is 0 Å². The van der Waals surface area contributed by atoms with E-state index in [0.717, 1.165) is 16.8 Å². The highest BCUT2D eigenvalue weighted by atomic mass is 19.4. The zero-order chi connectivity index (χ0) is 10.9. The van der Waals surface area contributed by atoms with E-state index in [1.54, 1.807) is 0 Å². The van der Waals surface area contributed by atoms with E-state index in [2.05, 4.69) is 0 Å². The Morgan fingerprint density at radius 1 is 1.36 bits per heavy atom. The maximum atomic E-state index is 11.9. The summed E-state index contributed by atoms with van der Waals surface area (Å²) in [5, 5.41) is 0. The second-order valence-electron chi connectivity index (χ2n) is 2.75. The van der Waals surface area contributed by atoms with Gasteiger partial charge in [0.2, 0.25) is 0 Å². The van der Waals surface area contributed by atoms with Crippen LogP contribution in [0.4, 0.5) is 13.2 Å². The molecule has 0 fully saturated rings. The standard InChI is InChI=1S/C7H7F3N2O2/c1-11-3-2-5(13)12(6(11)14)4-7(8,9)10/h2-3H,4H2,1H3. The third-order valence-electron chi connectivity index (χ3n) is 1.58. The second-order valence-corrected chi connectivity index (χ2v) is 2.75. The van der Waals surface area contributed by atoms with E-state index in [9.17, 15) is 22.8 Å². The predicted molar refractivity (Wildman–Crippen MR) is 42.0 cm³/mol. The molecule has 1 aromatic heterocycles. The average molecular weight is 208 g/mol. The summed E-state index contributed by atoms with van der Waals surface area (Å²) in [6.07, 6.45) is -3.45. The van der Waals surface area contributed by atoms with Gasteiger partial charge in [-0.05, 0) is 0 Å². The minimum absolute atomic E-state index is 0.139. The average Bonchev–Trinajstić information content (AvgIpc) is 2.04. The highest BCUT2D eigenvalue weighted by molar-refractivity contribution is 4.85. The minimum atomic E-state index is -4.57. The van der Waals surface area contributed by atoms with Crippen LogP contribution in [0.25, 0.3) is 0 Å². The van der Waals surface area contributed by atoms with Crippen LogP contribution in [0.5, 0.6) is 0 Å². The van der Waals surface area contributed by atoms with Gasteiger partial charge in [-0.3, -0.25) is 9.36 Å². The van der Waals surface area contributed by atoms with Crippen molar-refractivity contribution in [2.45, 2.75) is 12.7 Å². The fourth-order valence-electron chi connectivity index (χ4n) is 0.939. The summed E-state index contributed by atoms with van der Waals surface area (Å²) in [5.41, 5.74) is -1.93.